The van der Waals surface area contributed by atoms with Crippen LogP contribution in [-0.4, -0.2) is 185 Å². The molecular weight excluding hydrogens is 592 g/mol. The number of hydrogen-bond acceptors (Lipinski definition) is 18. The standard InChI is InChI=1S/C23H40N2O18/c1-6(29)25-12-7(30)2-23(22(37)38,42-18(12)13(32)8(31)3-26)43-19-15(34)10(5-28)40-21(16(19)35)41-17-11(24)20(36)39-9(4-27)14(17)33/h7-21,26-28,30-36H,2-5,24H2,1H3,(H,25,29)(H,37,38)/t7-,8+,9+,10+,11+,12+,13+,14-,15-,16+,17+,18+,19-,20?,21-,23-/m0/s1. The van der Waals surface area contributed by atoms with Gasteiger partial charge in [0.1, 0.15) is 61.0 Å². The van der Waals surface area contributed by atoms with Crippen LogP contribution in [0.1, 0.15) is 13.3 Å². The van der Waals surface area contributed by atoms with Crippen LogP contribution in [0, 0.1) is 0 Å². The minimum atomic E-state index is -3.00. The van der Waals surface area contributed by atoms with E-state index in [2.05, 4.69) is 5.32 Å². The first-order valence-corrected chi connectivity index (χ1v) is 13.3. The van der Waals surface area contributed by atoms with Crippen molar-refractivity contribution in [2.75, 3.05) is 19.8 Å². The summed E-state index contributed by atoms with van der Waals surface area (Å²) in [5.74, 6) is -5.70. The third-order valence-electron chi connectivity index (χ3n) is 7.55. The maximum absolute atomic E-state index is 12.6. The van der Waals surface area contributed by atoms with Crippen molar-refractivity contribution < 1.29 is 89.4 Å². The molecule has 3 aliphatic heterocycles. The molecule has 43 heavy (non-hydrogen) atoms. The van der Waals surface area contributed by atoms with Gasteiger partial charge >= 0.3 is 5.97 Å². The largest absolute Gasteiger partial charge is 0.477 e. The molecule has 3 fully saturated rings. The third-order valence-corrected chi connectivity index (χ3v) is 7.55. The van der Waals surface area contributed by atoms with E-state index in [-0.39, 0.29) is 0 Å². The number of hydrogen-bond donors (Lipinski definition) is 13. The van der Waals surface area contributed by atoms with Crippen LogP contribution in [0.4, 0.5) is 0 Å². The van der Waals surface area contributed by atoms with Gasteiger partial charge in [-0.2, -0.15) is 0 Å². The quantitative estimate of drug-likeness (QED) is 0.100. The predicted octanol–water partition coefficient (Wildman–Crippen LogP) is -8.26. The highest BCUT2D eigenvalue weighted by Crippen LogP contribution is 2.38. The van der Waals surface area contributed by atoms with Gasteiger partial charge in [0.05, 0.1) is 38.0 Å². The Balaban J connectivity index is 1.94. The van der Waals surface area contributed by atoms with E-state index < -0.39 is 136 Å². The Hall–Kier alpha value is -1.70. The second-order valence-corrected chi connectivity index (χ2v) is 10.6. The van der Waals surface area contributed by atoms with Gasteiger partial charge in [-0.3, -0.25) is 4.79 Å². The molecule has 1 unspecified atom stereocenters. The number of carbonyl (C=O) groups excluding carboxylic acids is 1. The number of nitrogens with one attached hydrogen (secondary N) is 1. The van der Waals surface area contributed by atoms with Crippen molar-refractivity contribution in [1.82, 2.24) is 5.32 Å². The Morgan fingerprint density at radius 1 is 0.977 bits per heavy atom. The van der Waals surface area contributed by atoms with Crippen LogP contribution in [0.3, 0.4) is 0 Å². The molecule has 14 N–H and O–H groups in total. The molecular formula is C23H40N2O18. The Kier molecular flexibility index (Phi) is 12.1. The van der Waals surface area contributed by atoms with E-state index in [1.54, 1.807) is 0 Å². The van der Waals surface area contributed by atoms with Crippen molar-refractivity contribution in [1.29, 1.82) is 0 Å². The highest BCUT2D eigenvalue weighted by molar-refractivity contribution is 5.76. The zero-order chi connectivity index (χ0) is 32.4. The molecule has 0 saturated carbocycles. The minimum Gasteiger partial charge on any atom is -0.477 e. The molecule has 0 aromatic heterocycles. The summed E-state index contributed by atoms with van der Waals surface area (Å²) in [5, 5.41) is 115. The summed E-state index contributed by atoms with van der Waals surface area (Å²) in [6.07, 6.45) is -25.0. The Labute approximate surface area is 243 Å². The van der Waals surface area contributed by atoms with Gasteiger partial charge in [-0.1, -0.05) is 0 Å². The lowest BCUT2D eigenvalue weighted by Crippen LogP contribution is -2.71. The normalized spacial score (nSPS) is 45.3. The first-order chi connectivity index (χ1) is 20.1. The fraction of sp³-hybridized carbons (Fsp3) is 0.913. The van der Waals surface area contributed by atoms with E-state index in [0.29, 0.717) is 0 Å². The Morgan fingerprint density at radius 3 is 2.09 bits per heavy atom. The van der Waals surface area contributed by atoms with Crippen molar-refractivity contribution in [2.45, 2.75) is 111 Å². The highest BCUT2D eigenvalue weighted by Gasteiger charge is 2.60. The molecule has 16 atom stereocenters. The molecule has 3 aliphatic rings. The van der Waals surface area contributed by atoms with Gasteiger partial charge in [0, 0.05) is 13.3 Å². The number of rotatable bonds is 11. The number of aliphatic hydroxyl groups is 10. The van der Waals surface area contributed by atoms with E-state index in [0.717, 1.165) is 6.92 Å². The van der Waals surface area contributed by atoms with Crippen molar-refractivity contribution in [3.05, 3.63) is 0 Å². The van der Waals surface area contributed by atoms with Gasteiger partial charge in [-0.05, 0) is 0 Å². The molecule has 0 aromatic rings. The molecule has 3 rings (SSSR count). The number of aliphatic carboxylic acids is 1. The fourth-order valence-electron chi connectivity index (χ4n) is 5.20. The summed E-state index contributed by atoms with van der Waals surface area (Å²) in [5.41, 5.74) is 5.85. The molecule has 20 nitrogen and oxygen atoms in total. The summed E-state index contributed by atoms with van der Waals surface area (Å²) in [6.45, 7) is -1.72. The molecule has 0 radical (unpaired) electrons. The highest BCUT2D eigenvalue weighted by atomic mass is 16.8. The molecule has 0 aromatic carbocycles. The van der Waals surface area contributed by atoms with E-state index in [1.165, 1.54) is 0 Å². The first kappa shape index (κ1) is 35.8. The van der Waals surface area contributed by atoms with Crippen molar-refractivity contribution >= 4 is 11.9 Å². The summed E-state index contributed by atoms with van der Waals surface area (Å²) in [6, 6.07) is -3.00. The molecule has 250 valence electrons. The molecule has 20 heteroatoms. The SMILES string of the molecule is CC(=O)N[C@H]1[C@H]([C@H](O)[C@H](O)CO)O[C@@](O[C@H]2[C@@H](O)[C@@H](CO)O[C@@H](O[C@H]3[C@@H](O)[C@@H](CO)OC(O)[C@@H]3N)[C@@H]2O)(C(=O)O)C[C@@H]1O. The van der Waals surface area contributed by atoms with Crippen molar-refractivity contribution in [3.8, 4) is 0 Å². The van der Waals surface area contributed by atoms with Crippen molar-refractivity contribution in [3.63, 3.8) is 0 Å². The third kappa shape index (κ3) is 7.41. The lowest BCUT2D eigenvalue weighted by atomic mass is 9.88. The predicted molar refractivity (Wildman–Crippen MR) is 132 cm³/mol. The molecule has 0 bridgehead atoms. The summed E-state index contributed by atoms with van der Waals surface area (Å²) >= 11 is 0. The molecule has 0 aliphatic carbocycles. The lowest BCUT2D eigenvalue weighted by molar-refractivity contribution is -0.380. The van der Waals surface area contributed by atoms with Gasteiger partial charge in [0.2, 0.25) is 5.91 Å². The number of nitrogens with two attached hydrogens (primary N) is 1. The van der Waals surface area contributed by atoms with Crippen molar-refractivity contribution in [2.24, 2.45) is 5.73 Å². The van der Waals surface area contributed by atoms with E-state index in [1.807, 2.05) is 0 Å². The maximum Gasteiger partial charge on any atom is 0.364 e. The van der Waals surface area contributed by atoms with Gasteiger partial charge in [0.15, 0.2) is 12.6 Å². The summed E-state index contributed by atoms with van der Waals surface area (Å²) in [7, 11) is 0. The monoisotopic (exact) mass is 632 g/mol. The zero-order valence-corrected chi connectivity index (χ0v) is 22.8. The molecule has 0 spiro atoms. The summed E-state index contributed by atoms with van der Waals surface area (Å²) < 4.78 is 27.0. The number of amides is 1. The van der Waals surface area contributed by atoms with Crippen LogP contribution in [0.2, 0.25) is 0 Å². The second kappa shape index (κ2) is 14.6. The number of ether oxygens (including phenoxy) is 5. The minimum absolute atomic E-state index is 0.741. The smallest absolute Gasteiger partial charge is 0.364 e. The summed E-state index contributed by atoms with van der Waals surface area (Å²) in [4.78, 5) is 24.3. The second-order valence-electron chi connectivity index (χ2n) is 10.6. The number of carbonyl (C=O) groups is 2. The van der Waals surface area contributed by atoms with Crippen LogP contribution in [0.25, 0.3) is 0 Å². The number of carboxylic acid groups (broad SMARTS) is 1. The molecule has 3 heterocycles. The van der Waals surface area contributed by atoms with Gasteiger partial charge in [-0.15, -0.1) is 0 Å². The number of carboxylic acids is 1. The van der Waals surface area contributed by atoms with Gasteiger partial charge in [0.25, 0.3) is 5.79 Å². The maximum atomic E-state index is 12.6. The van der Waals surface area contributed by atoms with Crippen LogP contribution in [0.15, 0.2) is 0 Å². The fourth-order valence-corrected chi connectivity index (χ4v) is 5.20. The van der Waals surface area contributed by atoms with Gasteiger partial charge < -0.3 is 90.9 Å². The first-order valence-electron chi connectivity index (χ1n) is 13.3. The van der Waals surface area contributed by atoms with Crippen LogP contribution >= 0.6 is 0 Å². The topological polar surface area (TPSA) is 341 Å². The molecule has 3 saturated heterocycles. The van der Waals surface area contributed by atoms with E-state index >= 15 is 0 Å². The zero-order valence-electron chi connectivity index (χ0n) is 22.8. The Morgan fingerprint density at radius 2 is 1.56 bits per heavy atom. The molecule has 1 amide bonds. The lowest BCUT2D eigenvalue weighted by Gasteiger charge is -2.50. The average molecular weight is 633 g/mol. The number of aliphatic hydroxyl groups excluding tert-OH is 10. The van der Waals surface area contributed by atoms with Crippen LogP contribution in [0.5, 0.6) is 0 Å². The van der Waals surface area contributed by atoms with Crippen LogP contribution < -0.4 is 11.1 Å². The van der Waals surface area contributed by atoms with Gasteiger partial charge in [-0.25, -0.2) is 4.79 Å². The van der Waals surface area contributed by atoms with E-state index in [9.17, 15) is 65.8 Å². The average Bonchev–Trinajstić information content (AvgIpc) is 2.96. The van der Waals surface area contributed by atoms with E-state index in [4.69, 9.17) is 29.4 Å². The Bertz CT molecular complexity index is 948. The van der Waals surface area contributed by atoms with Crippen LogP contribution in [-0.2, 0) is 33.3 Å².